The summed E-state index contributed by atoms with van der Waals surface area (Å²) in [5, 5.41) is 1.01. The molecule has 7 heteroatoms. The highest BCUT2D eigenvalue weighted by atomic mass is 16.5. The lowest BCUT2D eigenvalue weighted by atomic mass is 9.96. The van der Waals surface area contributed by atoms with E-state index in [-0.39, 0.29) is 0 Å². The van der Waals surface area contributed by atoms with Crippen LogP contribution in [0.1, 0.15) is 30.8 Å². The molecule has 0 bridgehead atoms. The van der Waals surface area contributed by atoms with Crippen molar-refractivity contribution in [3.8, 4) is 5.88 Å². The van der Waals surface area contributed by atoms with Crippen LogP contribution in [0.4, 0.5) is 5.69 Å². The number of ether oxygens (including phenoxy) is 1. The summed E-state index contributed by atoms with van der Waals surface area (Å²) in [6, 6.07) is 6.41. The molecule has 5 rings (SSSR count). The van der Waals surface area contributed by atoms with Crippen LogP contribution in [0, 0.1) is 6.92 Å². The summed E-state index contributed by atoms with van der Waals surface area (Å²) in [5.74, 6) is 1.45. The average Bonchev–Trinajstić information content (AvgIpc) is 3.09. The van der Waals surface area contributed by atoms with Crippen molar-refractivity contribution in [3.63, 3.8) is 0 Å². The Morgan fingerprint density at radius 1 is 1.14 bits per heavy atom. The number of nitrogens with zero attached hydrogens (tertiary/aromatic N) is 5. The smallest absolute Gasteiger partial charge is 0.224 e. The molecule has 1 aliphatic heterocycles. The number of hydrogen-bond acceptors (Lipinski definition) is 7. The highest BCUT2D eigenvalue weighted by molar-refractivity contribution is 5.86. The second kappa shape index (κ2) is 7.39. The van der Waals surface area contributed by atoms with Gasteiger partial charge in [-0.2, -0.15) is 0 Å². The number of fused-ring (bicyclic) bond motifs is 1. The second-order valence-corrected chi connectivity index (χ2v) is 7.67. The van der Waals surface area contributed by atoms with Gasteiger partial charge in [-0.05, 0) is 37.5 Å². The summed E-state index contributed by atoms with van der Waals surface area (Å²) < 4.78 is 11.4. The van der Waals surface area contributed by atoms with E-state index in [0.717, 1.165) is 73.9 Å². The summed E-state index contributed by atoms with van der Waals surface area (Å²) in [4.78, 5) is 18.1. The Balaban J connectivity index is 1.29. The summed E-state index contributed by atoms with van der Waals surface area (Å²) in [6.45, 7) is 6.69. The fourth-order valence-electron chi connectivity index (χ4n) is 3.83. The van der Waals surface area contributed by atoms with E-state index in [1.807, 2.05) is 6.92 Å². The molecule has 146 valence electrons. The van der Waals surface area contributed by atoms with E-state index < -0.39 is 0 Å². The Hall–Kier alpha value is -2.67. The summed E-state index contributed by atoms with van der Waals surface area (Å²) in [6.07, 6.45) is 7.16. The molecule has 2 fully saturated rings. The van der Waals surface area contributed by atoms with Crippen LogP contribution in [0.3, 0.4) is 0 Å². The van der Waals surface area contributed by atoms with Crippen molar-refractivity contribution in [2.45, 2.75) is 38.8 Å². The van der Waals surface area contributed by atoms with Gasteiger partial charge >= 0.3 is 0 Å². The third-order valence-electron chi connectivity index (χ3n) is 5.70. The Morgan fingerprint density at radius 3 is 2.71 bits per heavy atom. The van der Waals surface area contributed by atoms with Gasteiger partial charge in [0.05, 0.1) is 16.6 Å². The Bertz CT molecular complexity index is 960. The van der Waals surface area contributed by atoms with Gasteiger partial charge in [0.1, 0.15) is 18.7 Å². The second-order valence-electron chi connectivity index (χ2n) is 7.67. The maximum Gasteiger partial charge on any atom is 0.224 e. The van der Waals surface area contributed by atoms with Crippen LogP contribution in [0.5, 0.6) is 5.88 Å². The monoisotopic (exact) mass is 379 g/mol. The molecule has 0 amide bonds. The van der Waals surface area contributed by atoms with Crippen LogP contribution in [0.15, 0.2) is 35.2 Å². The third-order valence-corrected chi connectivity index (χ3v) is 5.70. The first-order valence-electron chi connectivity index (χ1n) is 10.0. The number of hydrogen-bond donors (Lipinski definition) is 0. The molecule has 0 atom stereocenters. The lowest BCUT2D eigenvalue weighted by Gasteiger charge is -2.35. The van der Waals surface area contributed by atoms with Crippen LogP contribution in [-0.4, -0.2) is 52.1 Å². The third kappa shape index (κ3) is 3.54. The van der Waals surface area contributed by atoms with Crippen LogP contribution in [0.2, 0.25) is 0 Å². The molecule has 1 aliphatic carbocycles. The number of aromatic nitrogens is 3. The molecule has 0 spiro atoms. The molecule has 7 nitrogen and oxygen atoms in total. The van der Waals surface area contributed by atoms with Crippen molar-refractivity contribution < 1.29 is 9.15 Å². The van der Waals surface area contributed by atoms with Crippen LogP contribution in [0.25, 0.3) is 10.9 Å². The van der Waals surface area contributed by atoms with E-state index in [2.05, 4.69) is 43.0 Å². The van der Waals surface area contributed by atoms with Crippen LogP contribution >= 0.6 is 0 Å². The van der Waals surface area contributed by atoms with Gasteiger partial charge in [0.25, 0.3) is 0 Å². The standard InChI is InChI=1S/C21H25N5O2/c1-15-24-16(13-27-15)12-25-7-9-26(10-8-25)17-5-6-20-19(11-17)21(23-14-22-20)28-18-3-2-4-18/h5-6,11,13-14,18H,2-4,7-10,12H2,1H3. The van der Waals surface area contributed by atoms with E-state index in [1.165, 1.54) is 12.1 Å². The zero-order valence-electron chi connectivity index (χ0n) is 16.2. The minimum Gasteiger partial charge on any atom is -0.474 e. The molecule has 1 saturated heterocycles. The van der Waals surface area contributed by atoms with Gasteiger partial charge in [-0.15, -0.1) is 0 Å². The summed E-state index contributed by atoms with van der Waals surface area (Å²) in [5.41, 5.74) is 3.15. The van der Waals surface area contributed by atoms with E-state index in [0.29, 0.717) is 6.10 Å². The zero-order chi connectivity index (χ0) is 18.9. The van der Waals surface area contributed by atoms with Gasteiger partial charge < -0.3 is 14.1 Å². The maximum atomic E-state index is 6.10. The fourth-order valence-corrected chi connectivity index (χ4v) is 3.83. The van der Waals surface area contributed by atoms with Gasteiger partial charge in [0.15, 0.2) is 5.89 Å². The van der Waals surface area contributed by atoms with Crippen molar-refractivity contribution in [1.82, 2.24) is 19.9 Å². The predicted octanol–water partition coefficient (Wildman–Crippen LogP) is 3.18. The molecule has 0 unspecified atom stereocenters. The number of benzene rings is 1. The molecular weight excluding hydrogens is 354 g/mol. The van der Waals surface area contributed by atoms with Crippen LogP contribution in [-0.2, 0) is 6.54 Å². The SMILES string of the molecule is Cc1nc(CN2CCN(c3ccc4ncnc(OC5CCC5)c4c3)CC2)co1. The molecule has 2 aromatic heterocycles. The summed E-state index contributed by atoms with van der Waals surface area (Å²) in [7, 11) is 0. The molecular formula is C21H25N5O2. The van der Waals surface area contributed by atoms with E-state index in [1.54, 1.807) is 12.6 Å². The normalized spacial score (nSPS) is 18.4. The first kappa shape index (κ1) is 17.4. The zero-order valence-corrected chi connectivity index (χ0v) is 16.2. The first-order chi connectivity index (χ1) is 13.7. The minimum absolute atomic E-state index is 0.311. The highest BCUT2D eigenvalue weighted by Gasteiger charge is 2.22. The molecule has 3 aromatic rings. The Labute approximate surface area is 164 Å². The molecule has 2 aliphatic rings. The maximum absolute atomic E-state index is 6.10. The van der Waals surface area contributed by atoms with E-state index in [9.17, 15) is 0 Å². The van der Waals surface area contributed by atoms with Crippen molar-refractivity contribution in [2.75, 3.05) is 31.1 Å². The van der Waals surface area contributed by atoms with Gasteiger partial charge in [0.2, 0.25) is 5.88 Å². The molecule has 28 heavy (non-hydrogen) atoms. The Morgan fingerprint density at radius 2 is 2.00 bits per heavy atom. The predicted molar refractivity (Wildman–Crippen MR) is 107 cm³/mol. The molecule has 0 N–H and O–H groups in total. The van der Waals surface area contributed by atoms with Crippen molar-refractivity contribution >= 4 is 16.6 Å². The van der Waals surface area contributed by atoms with Gasteiger partial charge in [0, 0.05) is 45.3 Å². The number of oxazole rings is 1. The number of rotatable bonds is 5. The van der Waals surface area contributed by atoms with Crippen molar-refractivity contribution in [3.05, 3.63) is 42.4 Å². The topological polar surface area (TPSA) is 67.5 Å². The van der Waals surface area contributed by atoms with Crippen molar-refractivity contribution in [1.29, 1.82) is 0 Å². The molecule has 1 saturated carbocycles. The largest absolute Gasteiger partial charge is 0.474 e. The van der Waals surface area contributed by atoms with Crippen molar-refractivity contribution in [2.24, 2.45) is 0 Å². The fraction of sp³-hybridized carbons (Fsp3) is 0.476. The summed E-state index contributed by atoms with van der Waals surface area (Å²) >= 11 is 0. The van der Waals surface area contributed by atoms with E-state index >= 15 is 0 Å². The Kier molecular flexibility index (Phi) is 4.60. The lowest BCUT2D eigenvalue weighted by molar-refractivity contribution is 0.116. The number of piperazine rings is 1. The van der Waals surface area contributed by atoms with Gasteiger partial charge in [-0.1, -0.05) is 0 Å². The molecule has 0 radical (unpaired) electrons. The van der Waals surface area contributed by atoms with Gasteiger partial charge in [-0.3, -0.25) is 4.90 Å². The quantitative estimate of drug-likeness (QED) is 0.674. The lowest BCUT2D eigenvalue weighted by Crippen LogP contribution is -2.46. The highest BCUT2D eigenvalue weighted by Crippen LogP contribution is 2.31. The van der Waals surface area contributed by atoms with E-state index in [4.69, 9.17) is 9.15 Å². The first-order valence-corrected chi connectivity index (χ1v) is 10.0. The molecule has 1 aromatic carbocycles. The average molecular weight is 379 g/mol. The number of aryl methyl sites for hydroxylation is 1. The number of anilines is 1. The van der Waals surface area contributed by atoms with Gasteiger partial charge in [-0.25, -0.2) is 15.0 Å². The van der Waals surface area contributed by atoms with Crippen LogP contribution < -0.4 is 9.64 Å². The molecule has 3 heterocycles. The minimum atomic E-state index is 0.311.